The second-order valence-corrected chi connectivity index (χ2v) is 7.78. The van der Waals surface area contributed by atoms with Gasteiger partial charge in [0.15, 0.2) is 0 Å². The van der Waals surface area contributed by atoms with Gasteiger partial charge in [0.1, 0.15) is 29.2 Å². The fourth-order valence-corrected chi connectivity index (χ4v) is 2.87. The fourth-order valence-electron chi connectivity index (χ4n) is 2.87. The summed E-state index contributed by atoms with van der Waals surface area (Å²) >= 11 is 0. The highest BCUT2D eigenvalue weighted by Gasteiger charge is 2.29. The Hall–Kier alpha value is -2.84. The first-order chi connectivity index (χ1) is 13.0. The van der Waals surface area contributed by atoms with E-state index in [0.29, 0.717) is 18.8 Å². The van der Waals surface area contributed by atoms with Gasteiger partial charge in [-0.3, -0.25) is 14.6 Å². The molecule has 2 heterocycles. The number of rotatable bonds is 5. The van der Waals surface area contributed by atoms with Crippen LogP contribution in [0.2, 0.25) is 0 Å². The van der Waals surface area contributed by atoms with Gasteiger partial charge in [-0.2, -0.15) is 0 Å². The lowest BCUT2D eigenvalue weighted by atomic mass is 10.1. The van der Waals surface area contributed by atoms with Crippen LogP contribution in [-0.4, -0.2) is 58.6 Å². The number of alkyl carbamates (subject to hydrolysis) is 1. The Labute approximate surface area is 164 Å². The molecule has 9 nitrogen and oxygen atoms in total. The van der Waals surface area contributed by atoms with Crippen LogP contribution in [0.15, 0.2) is 18.3 Å². The summed E-state index contributed by atoms with van der Waals surface area (Å²) in [4.78, 5) is 41.3. The summed E-state index contributed by atoms with van der Waals surface area (Å²) < 4.78 is 11.1. The van der Waals surface area contributed by atoms with Crippen molar-refractivity contribution in [1.29, 1.82) is 0 Å². The van der Waals surface area contributed by atoms with Gasteiger partial charge in [-0.05, 0) is 46.6 Å². The SMILES string of the molecule is CC(NC(=O)OC(C)(C)C)C(=O)N1CCCC(Oc2ccnc(C(N)=O)c2)C1. The van der Waals surface area contributed by atoms with E-state index in [1.807, 2.05) is 0 Å². The number of ether oxygens (including phenoxy) is 2. The molecule has 1 aromatic rings. The average Bonchev–Trinajstić information content (AvgIpc) is 2.59. The normalized spacial score (nSPS) is 18.1. The van der Waals surface area contributed by atoms with E-state index in [1.54, 1.807) is 38.7 Å². The molecule has 1 saturated heterocycles. The van der Waals surface area contributed by atoms with Gasteiger partial charge in [0.05, 0.1) is 6.54 Å². The van der Waals surface area contributed by atoms with Crippen molar-refractivity contribution in [2.45, 2.75) is 58.3 Å². The molecule has 0 radical (unpaired) electrons. The Kier molecular flexibility index (Phi) is 6.82. The zero-order valence-electron chi connectivity index (χ0n) is 16.7. The summed E-state index contributed by atoms with van der Waals surface area (Å²) in [7, 11) is 0. The number of carbonyl (C=O) groups is 3. The topological polar surface area (TPSA) is 124 Å². The predicted octanol–water partition coefficient (Wildman–Crippen LogP) is 1.46. The Morgan fingerprint density at radius 1 is 1.36 bits per heavy atom. The molecule has 2 unspecified atom stereocenters. The Bertz CT molecular complexity index is 731. The second kappa shape index (κ2) is 8.90. The molecule has 1 aliphatic rings. The number of nitrogens with one attached hydrogen (secondary N) is 1. The van der Waals surface area contributed by atoms with Crippen LogP contribution in [0.3, 0.4) is 0 Å². The minimum absolute atomic E-state index is 0.122. The highest BCUT2D eigenvalue weighted by atomic mass is 16.6. The Morgan fingerprint density at radius 2 is 2.07 bits per heavy atom. The van der Waals surface area contributed by atoms with Crippen LogP contribution in [0.25, 0.3) is 0 Å². The van der Waals surface area contributed by atoms with E-state index in [4.69, 9.17) is 15.2 Å². The van der Waals surface area contributed by atoms with Crippen LogP contribution in [0.1, 0.15) is 51.0 Å². The maximum atomic E-state index is 12.7. The van der Waals surface area contributed by atoms with Gasteiger partial charge in [0.25, 0.3) is 5.91 Å². The Balaban J connectivity index is 1.93. The second-order valence-electron chi connectivity index (χ2n) is 7.78. The molecule has 0 spiro atoms. The maximum Gasteiger partial charge on any atom is 0.408 e. The quantitative estimate of drug-likeness (QED) is 0.782. The number of nitrogens with two attached hydrogens (primary N) is 1. The van der Waals surface area contributed by atoms with Crippen molar-refractivity contribution in [3.8, 4) is 5.75 Å². The van der Waals surface area contributed by atoms with Crippen LogP contribution < -0.4 is 15.8 Å². The van der Waals surface area contributed by atoms with Gasteiger partial charge in [-0.25, -0.2) is 4.79 Å². The molecule has 0 aromatic carbocycles. The molecule has 0 saturated carbocycles. The standard InChI is InChI=1S/C19H28N4O5/c1-12(22-18(26)28-19(2,3)4)17(25)23-9-5-6-14(11-23)27-13-7-8-21-15(10-13)16(20)24/h7-8,10,12,14H,5-6,9,11H2,1-4H3,(H2,20,24)(H,22,26). The third-order valence-corrected chi connectivity index (χ3v) is 4.08. The minimum Gasteiger partial charge on any atom is -0.488 e. The number of primary amides is 1. The lowest BCUT2D eigenvalue weighted by Crippen LogP contribution is -2.52. The molecule has 0 bridgehead atoms. The van der Waals surface area contributed by atoms with Gasteiger partial charge < -0.3 is 25.4 Å². The minimum atomic E-state index is -0.712. The number of aromatic nitrogens is 1. The molecule has 9 heteroatoms. The third kappa shape index (κ3) is 6.40. The number of nitrogens with zero attached hydrogens (tertiary/aromatic N) is 2. The van der Waals surface area contributed by atoms with Crippen LogP contribution in [0.4, 0.5) is 4.79 Å². The van der Waals surface area contributed by atoms with Crippen LogP contribution >= 0.6 is 0 Å². The van der Waals surface area contributed by atoms with Crippen molar-refractivity contribution in [2.75, 3.05) is 13.1 Å². The van der Waals surface area contributed by atoms with E-state index < -0.39 is 23.6 Å². The van der Waals surface area contributed by atoms with Gasteiger partial charge in [-0.15, -0.1) is 0 Å². The molecular formula is C19H28N4O5. The first-order valence-electron chi connectivity index (χ1n) is 9.26. The van der Waals surface area contributed by atoms with Gasteiger partial charge in [-0.1, -0.05) is 0 Å². The number of hydrogen-bond donors (Lipinski definition) is 2. The van der Waals surface area contributed by atoms with E-state index in [1.165, 1.54) is 12.3 Å². The van der Waals surface area contributed by atoms with E-state index in [0.717, 1.165) is 12.8 Å². The molecule has 1 fully saturated rings. The van der Waals surface area contributed by atoms with Crippen molar-refractivity contribution < 1.29 is 23.9 Å². The highest BCUT2D eigenvalue weighted by molar-refractivity contribution is 5.91. The van der Waals surface area contributed by atoms with E-state index in [9.17, 15) is 14.4 Å². The molecule has 1 aromatic heterocycles. The molecule has 0 aliphatic carbocycles. The largest absolute Gasteiger partial charge is 0.488 e. The van der Waals surface area contributed by atoms with Crippen molar-refractivity contribution in [2.24, 2.45) is 5.73 Å². The van der Waals surface area contributed by atoms with Crippen LogP contribution in [0, 0.1) is 0 Å². The number of carbonyl (C=O) groups excluding carboxylic acids is 3. The van der Waals surface area contributed by atoms with E-state index in [-0.39, 0.29) is 17.7 Å². The maximum absolute atomic E-state index is 12.7. The number of likely N-dealkylation sites (tertiary alicyclic amines) is 1. The lowest BCUT2D eigenvalue weighted by Gasteiger charge is -2.34. The molecule has 154 valence electrons. The van der Waals surface area contributed by atoms with Crippen LogP contribution in [0.5, 0.6) is 5.75 Å². The monoisotopic (exact) mass is 392 g/mol. The molecule has 1 aliphatic heterocycles. The first kappa shape index (κ1) is 21.5. The van der Waals surface area contributed by atoms with E-state index >= 15 is 0 Å². The summed E-state index contributed by atoms with van der Waals surface area (Å²) in [6, 6.07) is 2.41. The van der Waals surface area contributed by atoms with Crippen molar-refractivity contribution in [3.63, 3.8) is 0 Å². The smallest absolute Gasteiger partial charge is 0.408 e. The molecule has 3 N–H and O–H groups in total. The van der Waals surface area contributed by atoms with Gasteiger partial charge in [0, 0.05) is 18.8 Å². The number of piperidine rings is 1. The molecule has 2 atom stereocenters. The summed E-state index contributed by atoms with van der Waals surface area (Å²) in [5, 5.41) is 2.57. The summed E-state index contributed by atoms with van der Waals surface area (Å²) in [6.45, 7) is 7.87. The number of hydrogen-bond acceptors (Lipinski definition) is 6. The number of pyridine rings is 1. The van der Waals surface area contributed by atoms with Crippen molar-refractivity contribution >= 4 is 17.9 Å². The molecule has 2 rings (SSSR count). The lowest BCUT2D eigenvalue weighted by molar-refractivity contribution is -0.135. The highest BCUT2D eigenvalue weighted by Crippen LogP contribution is 2.19. The van der Waals surface area contributed by atoms with Gasteiger partial charge in [0.2, 0.25) is 5.91 Å². The predicted molar refractivity (Wildman–Crippen MR) is 102 cm³/mol. The average molecular weight is 392 g/mol. The molecular weight excluding hydrogens is 364 g/mol. The van der Waals surface area contributed by atoms with Gasteiger partial charge >= 0.3 is 6.09 Å². The van der Waals surface area contributed by atoms with Crippen LogP contribution in [-0.2, 0) is 9.53 Å². The van der Waals surface area contributed by atoms with Crippen molar-refractivity contribution in [3.05, 3.63) is 24.0 Å². The summed E-state index contributed by atoms with van der Waals surface area (Å²) in [5.74, 6) is -0.359. The van der Waals surface area contributed by atoms with E-state index in [2.05, 4.69) is 10.3 Å². The third-order valence-electron chi connectivity index (χ3n) is 4.08. The first-order valence-corrected chi connectivity index (χ1v) is 9.26. The Morgan fingerprint density at radius 3 is 2.71 bits per heavy atom. The summed E-state index contributed by atoms with van der Waals surface area (Å²) in [6.07, 6.45) is 2.13. The van der Waals surface area contributed by atoms with Crippen molar-refractivity contribution in [1.82, 2.24) is 15.2 Å². The molecule has 28 heavy (non-hydrogen) atoms. The summed E-state index contributed by atoms with van der Waals surface area (Å²) in [5.41, 5.74) is 4.72. The zero-order chi connectivity index (χ0) is 20.9. The number of amides is 3. The molecule has 3 amide bonds. The fraction of sp³-hybridized carbons (Fsp3) is 0.579. The zero-order valence-corrected chi connectivity index (χ0v) is 16.7.